The molecule has 5 heteroatoms. The van der Waals surface area contributed by atoms with E-state index in [0.717, 1.165) is 5.56 Å². The molecular formula is C16H13ClNO2Y-. The van der Waals surface area contributed by atoms with Gasteiger partial charge in [-0.25, -0.2) is 0 Å². The van der Waals surface area contributed by atoms with Crippen LogP contribution in [0.5, 0.6) is 5.75 Å². The number of benzene rings is 1. The molecule has 2 aromatic rings. The van der Waals surface area contributed by atoms with Crippen LogP contribution in [0.25, 0.3) is 11.3 Å². The molecule has 1 heterocycles. The minimum Gasteiger partial charge on any atom is -0.481 e. The van der Waals surface area contributed by atoms with Crippen LogP contribution in [0.2, 0.25) is 5.02 Å². The summed E-state index contributed by atoms with van der Waals surface area (Å²) in [6.45, 7) is 2.64. The molecule has 3 nitrogen and oxygen atoms in total. The molecule has 105 valence electrons. The van der Waals surface area contributed by atoms with E-state index in [9.17, 15) is 4.79 Å². The van der Waals surface area contributed by atoms with E-state index in [1.807, 2.05) is 6.92 Å². The average molecular weight is 376 g/mol. The Morgan fingerprint density at radius 2 is 2.19 bits per heavy atom. The molecule has 0 saturated heterocycles. The van der Waals surface area contributed by atoms with E-state index in [2.05, 4.69) is 12.0 Å². The third-order valence-electron chi connectivity index (χ3n) is 2.82. The average Bonchev–Trinajstić information content (AvgIpc) is 2.45. The number of aromatic nitrogens is 1. The molecular weight excluding hydrogens is 363 g/mol. The van der Waals surface area contributed by atoms with Gasteiger partial charge in [-0.1, -0.05) is 34.8 Å². The van der Waals surface area contributed by atoms with Crippen LogP contribution in [0, 0.1) is 18.4 Å². The summed E-state index contributed by atoms with van der Waals surface area (Å²) in [5, 5.41) is 0.489. The molecule has 0 amide bonds. The van der Waals surface area contributed by atoms with Crippen LogP contribution in [-0.4, -0.2) is 11.2 Å². The largest absolute Gasteiger partial charge is 0.481 e. The number of hydrogen-bond acceptors (Lipinski definition) is 2. The van der Waals surface area contributed by atoms with Crippen LogP contribution in [0.4, 0.5) is 0 Å². The zero-order chi connectivity index (χ0) is 14.5. The first-order valence-corrected chi connectivity index (χ1v) is 6.53. The number of terminal acetylenes is 1. The standard InChI is InChI=1S/C16H13ClNO2.Y/c1-3-10-20-12-8-9-13(14(17)11-12)15-6-5-7-16(19)18(15)4-2;/h1,5,7-9,11H,4,10H2,2H3;/q-1;. The van der Waals surface area contributed by atoms with E-state index < -0.39 is 0 Å². The Labute approximate surface area is 154 Å². The summed E-state index contributed by atoms with van der Waals surface area (Å²) in [4.78, 5) is 11.8. The third kappa shape index (κ3) is 4.20. The summed E-state index contributed by atoms with van der Waals surface area (Å²) in [5.74, 6) is 2.99. The van der Waals surface area contributed by atoms with Gasteiger partial charge < -0.3 is 9.30 Å². The Balaban J connectivity index is 0.00000220. The first-order chi connectivity index (χ1) is 9.67. The molecule has 1 aromatic heterocycles. The predicted molar refractivity (Wildman–Crippen MR) is 80.0 cm³/mol. The second kappa shape index (κ2) is 8.39. The molecule has 0 atom stereocenters. The van der Waals surface area contributed by atoms with Gasteiger partial charge in [0.2, 0.25) is 0 Å². The molecule has 0 fully saturated rings. The smallest absolute Gasteiger partial charge is 0.194 e. The van der Waals surface area contributed by atoms with Gasteiger partial charge in [0.25, 0.3) is 0 Å². The van der Waals surface area contributed by atoms with Gasteiger partial charge in [-0.2, -0.15) is 12.1 Å². The molecule has 0 bridgehead atoms. The summed E-state index contributed by atoms with van der Waals surface area (Å²) in [6, 6.07) is 11.4. The number of pyridine rings is 1. The quantitative estimate of drug-likeness (QED) is 0.608. The SMILES string of the molecule is C#CCOc1ccc(-c2[c-]ccc(=O)n2CC)c(Cl)c1.[Y]. The van der Waals surface area contributed by atoms with Gasteiger partial charge >= 0.3 is 0 Å². The van der Waals surface area contributed by atoms with E-state index in [4.69, 9.17) is 22.8 Å². The van der Waals surface area contributed by atoms with Crippen LogP contribution in [-0.2, 0) is 39.3 Å². The summed E-state index contributed by atoms with van der Waals surface area (Å²) < 4.78 is 6.92. The van der Waals surface area contributed by atoms with Crippen molar-refractivity contribution < 1.29 is 37.4 Å². The summed E-state index contributed by atoms with van der Waals surface area (Å²) in [7, 11) is 0. The molecule has 21 heavy (non-hydrogen) atoms. The molecule has 1 radical (unpaired) electrons. The zero-order valence-electron chi connectivity index (χ0n) is 11.6. The van der Waals surface area contributed by atoms with Crippen molar-refractivity contribution >= 4 is 11.6 Å². The first-order valence-electron chi connectivity index (χ1n) is 6.15. The Hall–Kier alpha value is -1.08. The molecule has 0 aliphatic rings. The van der Waals surface area contributed by atoms with Crippen molar-refractivity contribution in [2.24, 2.45) is 0 Å². The predicted octanol–water partition coefficient (Wildman–Crippen LogP) is 3.00. The first kappa shape index (κ1) is 18.0. The fraction of sp³-hybridized carbons (Fsp3) is 0.188. The van der Waals surface area contributed by atoms with Crippen LogP contribution < -0.4 is 10.3 Å². The van der Waals surface area contributed by atoms with Crippen molar-refractivity contribution in [2.45, 2.75) is 13.5 Å². The molecule has 2 rings (SSSR count). The van der Waals surface area contributed by atoms with Gasteiger partial charge in [0, 0.05) is 39.3 Å². The van der Waals surface area contributed by atoms with E-state index in [0.29, 0.717) is 23.0 Å². The van der Waals surface area contributed by atoms with E-state index in [1.54, 1.807) is 28.8 Å². The normalized spacial score (nSPS) is 9.57. The van der Waals surface area contributed by atoms with Gasteiger partial charge in [0.05, 0.1) is 0 Å². The van der Waals surface area contributed by atoms with E-state index in [1.165, 1.54) is 6.07 Å². The van der Waals surface area contributed by atoms with Crippen LogP contribution in [0.3, 0.4) is 0 Å². The third-order valence-corrected chi connectivity index (χ3v) is 3.13. The second-order valence-electron chi connectivity index (χ2n) is 4.04. The fourth-order valence-electron chi connectivity index (χ4n) is 1.91. The molecule has 0 aliphatic heterocycles. The van der Waals surface area contributed by atoms with Crippen molar-refractivity contribution in [3.05, 3.63) is 51.8 Å². The van der Waals surface area contributed by atoms with Crippen LogP contribution >= 0.6 is 11.6 Å². The zero-order valence-corrected chi connectivity index (χ0v) is 15.2. The summed E-state index contributed by atoms with van der Waals surface area (Å²) >= 11 is 6.26. The van der Waals surface area contributed by atoms with Gasteiger partial charge in [-0.15, -0.1) is 12.5 Å². The van der Waals surface area contributed by atoms with Crippen molar-refractivity contribution in [1.82, 2.24) is 4.57 Å². The maximum Gasteiger partial charge on any atom is 0.194 e. The Morgan fingerprint density at radius 1 is 1.43 bits per heavy atom. The molecule has 0 spiro atoms. The number of rotatable bonds is 4. The van der Waals surface area contributed by atoms with E-state index >= 15 is 0 Å². The van der Waals surface area contributed by atoms with Crippen molar-refractivity contribution in [1.29, 1.82) is 0 Å². The fourth-order valence-corrected chi connectivity index (χ4v) is 2.17. The maximum absolute atomic E-state index is 11.8. The number of hydrogen-bond donors (Lipinski definition) is 0. The van der Waals surface area contributed by atoms with Gasteiger partial charge in [0.1, 0.15) is 12.4 Å². The van der Waals surface area contributed by atoms with Crippen molar-refractivity contribution in [2.75, 3.05) is 6.61 Å². The molecule has 0 saturated carbocycles. The minimum atomic E-state index is -0.0787. The number of nitrogens with zero attached hydrogens (tertiary/aromatic N) is 1. The van der Waals surface area contributed by atoms with Gasteiger partial charge in [0.15, 0.2) is 5.56 Å². The Kier molecular flexibility index (Phi) is 7.18. The monoisotopic (exact) mass is 375 g/mol. The van der Waals surface area contributed by atoms with Gasteiger partial charge in [-0.05, 0) is 24.1 Å². The number of ether oxygens (including phenoxy) is 1. The van der Waals surface area contributed by atoms with Crippen molar-refractivity contribution in [3.63, 3.8) is 0 Å². The molecule has 0 N–H and O–H groups in total. The Bertz CT molecular complexity index is 719. The summed E-state index contributed by atoms with van der Waals surface area (Å²) in [5.41, 5.74) is 1.32. The molecule has 0 aliphatic carbocycles. The topological polar surface area (TPSA) is 31.2 Å². The van der Waals surface area contributed by atoms with Crippen LogP contribution in [0.1, 0.15) is 6.92 Å². The minimum absolute atomic E-state index is 0. The summed E-state index contributed by atoms with van der Waals surface area (Å²) in [6.07, 6.45) is 5.14. The maximum atomic E-state index is 11.8. The second-order valence-corrected chi connectivity index (χ2v) is 4.45. The van der Waals surface area contributed by atoms with Gasteiger partial charge in [-0.3, -0.25) is 4.79 Å². The van der Waals surface area contributed by atoms with Crippen molar-refractivity contribution in [3.8, 4) is 29.4 Å². The molecule has 0 unspecified atom stereocenters. The number of halogens is 1. The van der Waals surface area contributed by atoms with Crippen LogP contribution in [0.15, 0.2) is 35.1 Å². The van der Waals surface area contributed by atoms with E-state index in [-0.39, 0.29) is 44.9 Å². The Morgan fingerprint density at radius 3 is 2.81 bits per heavy atom. The molecule has 1 aromatic carbocycles.